The Kier molecular flexibility index (Phi) is 5.64. The molecule has 0 aliphatic heterocycles. The molecule has 0 aromatic heterocycles. The molecule has 3 nitrogen and oxygen atoms in total. The van der Waals surface area contributed by atoms with E-state index in [9.17, 15) is 18.0 Å². The van der Waals surface area contributed by atoms with Crippen LogP contribution in [-0.4, -0.2) is 42.0 Å². The van der Waals surface area contributed by atoms with Crippen molar-refractivity contribution in [2.75, 3.05) is 19.7 Å². The molecule has 0 aliphatic rings. The highest BCUT2D eigenvalue weighted by Gasteiger charge is 2.17. The Morgan fingerprint density at radius 1 is 1.28 bits per heavy atom. The van der Waals surface area contributed by atoms with Crippen LogP contribution >= 0.6 is 0 Å². The zero-order chi connectivity index (χ0) is 13.5. The van der Waals surface area contributed by atoms with Crippen molar-refractivity contribution in [3.8, 4) is 0 Å². The van der Waals surface area contributed by atoms with E-state index in [4.69, 9.17) is 5.11 Å². The fourth-order valence-electron chi connectivity index (χ4n) is 1.49. The molecule has 0 saturated heterocycles. The third-order valence-electron chi connectivity index (χ3n) is 2.35. The van der Waals surface area contributed by atoms with E-state index < -0.39 is 24.7 Å². The summed E-state index contributed by atoms with van der Waals surface area (Å²) in [4.78, 5) is 12.6. The molecule has 1 rings (SSSR count). The molecule has 1 aromatic rings. The molecule has 0 unspecified atom stereocenters. The van der Waals surface area contributed by atoms with Crippen LogP contribution in [0.15, 0.2) is 24.3 Å². The van der Waals surface area contributed by atoms with E-state index in [-0.39, 0.29) is 19.6 Å². The highest BCUT2D eigenvalue weighted by molar-refractivity contribution is 5.78. The van der Waals surface area contributed by atoms with Gasteiger partial charge in [-0.25, -0.2) is 13.2 Å². The first kappa shape index (κ1) is 14.5. The highest BCUT2D eigenvalue weighted by atomic mass is 19.3. The molecule has 0 atom stereocenters. The van der Waals surface area contributed by atoms with Crippen molar-refractivity contribution in [3.63, 3.8) is 0 Å². The summed E-state index contributed by atoms with van der Waals surface area (Å²) in [7, 11) is 0. The lowest BCUT2D eigenvalue weighted by Gasteiger charge is -2.21. The summed E-state index contributed by atoms with van der Waals surface area (Å²) in [6.07, 6.45) is -2.73. The van der Waals surface area contributed by atoms with Gasteiger partial charge in [0.05, 0.1) is 19.6 Å². The van der Waals surface area contributed by atoms with Crippen LogP contribution in [0.1, 0.15) is 5.56 Å². The van der Waals surface area contributed by atoms with Gasteiger partial charge in [-0.15, -0.1) is 0 Å². The molecule has 6 heteroatoms. The predicted molar refractivity (Wildman–Crippen MR) is 59.8 cm³/mol. The zero-order valence-electron chi connectivity index (χ0n) is 9.65. The fraction of sp³-hybridized carbons (Fsp3) is 0.417. The van der Waals surface area contributed by atoms with Gasteiger partial charge in [0.25, 0.3) is 6.43 Å². The van der Waals surface area contributed by atoms with E-state index >= 15 is 0 Å². The summed E-state index contributed by atoms with van der Waals surface area (Å²) in [5.74, 6) is -0.943. The van der Waals surface area contributed by atoms with E-state index in [2.05, 4.69) is 0 Å². The third-order valence-corrected chi connectivity index (χ3v) is 2.35. The van der Waals surface area contributed by atoms with Crippen LogP contribution < -0.4 is 0 Å². The van der Waals surface area contributed by atoms with Crippen molar-refractivity contribution in [3.05, 3.63) is 35.6 Å². The van der Waals surface area contributed by atoms with Gasteiger partial charge in [-0.2, -0.15) is 0 Å². The Bertz CT molecular complexity index is 381. The number of halogens is 3. The standard InChI is InChI=1S/C12H14F3NO2/c13-10-3-1-9(2-4-10)7-12(18)16(5-6-17)8-11(14)15/h1-4,11,17H,5-8H2. The first-order chi connectivity index (χ1) is 8.52. The van der Waals surface area contributed by atoms with Crippen molar-refractivity contribution in [2.45, 2.75) is 12.8 Å². The van der Waals surface area contributed by atoms with Crippen molar-refractivity contribution < 1.29 is 23.1 Å². The molecule has 0 spiro atoms. The summed E-state index contributed by atoms with van der Waals surface area (Å²) in [6.45, 7) is -1.22. The van der Waals surface area contributed by atoms with Crippen LogP contribution in [0.5, 0.6) is 0 Å². The van der Waals surface area contributed by atoms with Gasteiger partial charge in [-0.3, -0.25) is 4.79 Å². The summed E-state index contributed by atoms with van der Waals surface area (Å²) in [6, 6.07) is 5.25. The number of alkyl halides is 2. The van der Waals surface area contributed by atoms with Crippen LogP contribution in [-0.2, 0) is 11.2 Å². The number of rotatable bonds is 6. The molecule has 0 heterocycles. The third kappa shape index (κ3) is 4.75. The fourth-order valence-corrected chi connectivity index (χ4v) is 1.49. The van der Waals surface area contributed by atoms with Crippen molar-refractivity contribution in [1.29, 1.82) is 0 Å². The molecule has 100 valence electrons. The molecule has 0 aliphatic carbocycles. The molecule has 1 aromatic carbocycles. The monoisotopic (exact) mass is 261 g/mol. The highest BCUT2D eigenvalue weighted by Crippen LogP contribution is 2.07. The van der Waals surface area contributed by atoms with Crippen molar-refractivity contribution in [1.82, 2.24) is 4.90 Å². The number of aliphatic hydroxyl groups excluding tert-OH is 1. The zero-order valence-corrected chi connectivity index (χ0v) is 9.65. The molecular weight excluding hydrogens is 247 g/mol. The Labute approximate surface area is 103 Å². The summed E-state index contributed by atoms with van der Waals surface area (Å²) in [5.41, 5.74) is 0.540. The Morgan fingerprint density at radius 3 is 2.39 bits per heavy atom. The maximum Gasteiger partial charge on any atom is 0.255 e. The Morgan fingerprint density at radius 2 is 1.89 bits per heavy atom. The van der Waals surface area contributed by atoms with Gasteiger partial charge in [0.2, 0.25) is 5.91 Å². The average Bonchev–Trinajstić information content (AvgIpc) is 2.31. The molecule has 0 saturated carbocycles. The number of amides is 1. The first-order valence-corrected chi connectivity index (χ1v) is 5.44. The van der Waals surface area contributed by atoms with Crippen LogP contribution in [0.4, 0.5) is 13.2 Å². The molecule has 18 heavy (non-hydrogen) atoms. The van der Waals surface area contributed by atoms with Gasteiger partial charge >= 0.3 is 0 Å². The van der Waals surface area contributed by atoms with E-state index in [1.54, 1.807) is 0 Å². The van der Waals surface area contributed by atoms with Crippen LogP contribution in [0, 0.1) is 5.82 Å². The lowest BCUT2D eigenvalue weighted by molar-refractivity contribution is -0.133. The minimum Gasteiger partial charge on any atom is -0.395 e. The van der Waals surface area contributed by atoms with Gasteiger partial charge in [-0.1, -0.05) is 12.1 Å². The maximum absolute atomic E-state index is 12.6. The molecule has 0 radical (unpaired) electrons. The summed E-state index contributed by atoms with van der Waals surface area (Å²) >= 11 is 0. The van der Waals surface area contributed by atoms with E-state index in [0.29, 0.717) is 5.56 Å². The van der Waals surface area contributed by atoms with Crippen LogP contribution in [0.2, 0.25) is 0 Å². The van der Waals surface area contributed by atoms with Gasteiger partial charge in [0.1, 0.15) is 5.82 Å². The number of benzene rings is 1. The smallest absolute Gasteiger partial charge is 0.255 e. The Hall–Kier alpha value is -1.56. The normalized spacial score (nSPS) is 10.7. The minimum absolute atomic E-state index is 0.0903. The number of hydrogen-bond acceptors (Lipinski definition) is 2. The lowest BCUT2D eigenvalue weighted by atomic mass is 10.1. The molecule has 0 fully saturated rings. The molecule has 1 amide bonds. The number of aliphatic hydroxyl groups is 1. The first-order valence-electron chi connectivity index (χ1n) is 5.44. The second-order valence-electron chi connectivity index (χ2n) is 3.76. The SMILES string of the molecule is O=C(Cc1ccc(F)cc1)N(CCO)CC(F)F. The van der Waals surface area contributed by atoms with Gasteiger partial charge in [0, 0.05) is 6.54 Å². The van der Waals surface area contributed by atoms with Crippen LogP contribution in [0.3, 0.4) is 0 Å². The minimum atomic E-state index is -2.64. The predicted octanol–water partition coefficient (Wildman–Crippen LogP) is 1.45. The van der Waals surface area contributed by atoms with Crippen molar-refractivity contribution in [2.24, 2.45) is 0 Å². The molecule has 0 bridgehead atoms. The average molecular weight is 261 g/mol. The van der Waals surface area contributed by atoms with E-state index in [0.717, 1.165) is 4.90 Å². The van der Waals surface area contributed by atoms with Crippen LogP contribution in [0.25, 0.3) is 0 Å². The number of nitrogens with zero attached hydrogens (tertiary/aromatic N) is 1. The van der Waals surface area contributed by atoms with Gasteiger partial charge in [0.15, 0.2) is 0 Å². The lowest BCUT2D eigenvalue weighted by Crippen LogP contribution is -2.38. The molecular formula is C12H14F3NO2. The number of carbonyl (C=O) groups excluding carboxylic acids is 1. The quantitative estimate of drug-likeness (QED) is 0.842. The maximum atomic E-state index is 12.6. The Balaban J connectivity index is 2.63. The van der Waals surface area contributed by atoms with E-state index in [1.807, 2.05) is 0 Å². The second kappa shape index (κ2) is 7.00. The number of carbonyl (C=O) groups is 1. The van der Waals surface area contributed by atoms with Crippen molar-refractivity contribution >= 4 is 5.91 Å². The second-order valence-corrected chi connectivity index (χ2v) is 3.76. The molecule has 1 N–H and O–H groups in total. The topological polar surface area (TPSA) is 40.5 Å². The van der Waals surface area contributed by atoms with Gasteiger partial charge < -0.3 is 10.0 Å². The van der Waals surface area contributed by atoms with Gasteiger partial charge in [-0.05, 0) is 17.7 Å². The largest absolute Gasteiger partial charge is 0.395 e. The number of hydrogen-bond donors (Lipinski definition) is 1. The summed E-state index contributed by atoms with van der Waals surface area (Å²) < 4.78 is 37.1. The summed E-state index contributed by atoms with van der Waals surface area (Å²) in [5, 5.41) is 8.71. The van der Waals surface area contributed by atoms with E-state index in [1.165, 1.54) is 24.3 Å².